The Morgan fingerprint density at radius 3 is 2.63 bits per heavy atom. The Kier molecular flexibility index (Phi) is 5.55. The summed E-state index contributed by atoms with van der Waals surface area (Å²) in [5.41, 5.74) is 2.46. The quantitative estimate of drug-likeness (QED) is 0.756. The average Bonchev–Trinajstić information content (AvgIpc) is 2.46. The molecule has 0 atom stereocenters. The summed E-state index contributed by atoms with van der Waals surface area (Å²) in [6.45, 7) is 5.82. The molecular weight excluding hydrogens is 324 g/mol. The molecule has 1 aromatic rings. The molecule has 1 aromatic carbocycles. The van der Waals surface area contributed by atoms with Gasteiger partial charge in [0.05, 0.1) is 0 Å². The Balaban J connectivity index is 2.12. The van der Waals surface area contributed by atoms with Gasteiger partial charge in [-0.25, -0.2) is 0 Å². The zero-order chi connectivity index (χ0) is 13.8. The predicted molar refractivity (Wildman–Crippen MR) is 87.6 cm³/mol. The Labute approximate surface area is 129 Å². The van der Waals surface area contributed by atoms with Crippen LogP contribution in [0.25, 0.3) is 0 Å². The zero-order valence-corrected chi connectivity index (χ0v) is 14.0. The van der Waals surface area contributed by atoms with Gasteiger partial charge in [0.25, 0.3) is 0 Å². The van der Waals surface area contributed by atoms with Gasteiger partial charge in [0.1, 0.15) is 0 Å². The molecule has 1 aliphatic rings. The van der Waals surface area contributed by atoms with Crippen LogP contribution in [0.1, 0.15) is 25.3 Å². The summed E-state index contributed by atoms with van der Waals surface area (Å²) < 4.78 is 0. The third kappa shape index (κ3) is 3.45. The van der Waals surface area contributed by atoms with Crippen molar-refractivity contribution in [1.82, 2.24) is 4.90 Å². The van der Waals surface area contributed by atoms with Gasteiger partial charge in [-0.05, 0) is 31.5 Å². The largest absolute Gasteiger partial charge is 0.371 e. The molecule has 106 valence electrons. The second-order valence-electron chi connectivity index (χ2n) is 5.15. The van der Waals surface area contributed by atoms with Crippen molar-refractivity contribution >= 4 is 33.2 Å². The molecule has 2 rings (SSSR count). The molecule has 0 saturated carbocycles. The van der Waals surface area contributed by atoms with E-state index in [9.17, 15) is 0 Å². The van der Waals surface area contributed by atoms with Crippen molar-refractivity contribution in [2.75, 3.05) is 31.6 Å². The lowest BCUT2D eigenvalue weighted by molar-refractivity contribution is 0.221. The number of benzene rings is 1. The van der Waals surface area contributed by atoms with E-state index < -0.39 is 0 Å². The van der Waals surface area contributed by atoms with Crippen LogP contribution in [-0.4, -0.2) is 37.6 Å². The van der Waals surface area contributed by atoms with E-state index in [0.717, 1.165) is 10.4 Å². The average molecular weight is 346 g/mol. The normalized spacial score (nSPS) is 17.7. The molecule has 1 heterocycles. The summed E-state index contributed by atoms with van der Waals surface area (Å²) in [6, 6.07) is 6.81. The predicted octanol–water partition coefficient (Wildman–Crippen LogP) is 4.16. The van der Waals surface area contributed by atoms with E-state index in [-0.39, 0.29) is 0 Å². The van der Waals surface area contributed by atoms with Gasteiger partial charge < -0.3 is 9.80 Å². The summed E-state index contributed by atoms with van der Waals surface area (Å²) in [7, 11) is 2.20. The summed E-state index contributed by atoms with van der Waals surface area (Å²) in [4.78, 5) is 4.93. The van der Waals surface area contributed by atoms with E-state index in [0.29, 0.717) is 6.04 Å². The lowest BCUT2D eigenvalue weighted by atomic mass is 10.0. The maximum Gasteiger partial charge on any atom is 0.0467 e. The van der Waals surface area contributed by atoms with E-state index >= 15 is 0 Å². The number of rotatable bonds is 4. The van der Waals surface area contributed by atoms with Gasteiger partial charge in [-0.3, -0.25) is 0 Å². The molecular formula is C15H22BrClN2. The van der Waals surface area contributed by atoms with Gasteiger partial charge in [-0.1, -0.05) is 40.5 Å². The highest BCUT2D eigenvalue weighted by Crippen LogP contribution is 2.31. The molecule has 0 unspecified atom stereocenters. The number of hydrogen-bond acceptors (Lipinski definition) is 2. The second kappa shape index (κ2) is 6.96. The van der Waals surface area contributed by atoms with Crippen molar-refractivity contribution in [2.24, 2.45) is 0 Å². The van der Waals surface area contributed by atoms with Crippen molar-refractivity contribution in [3.05, 3.63) is 28.8 Å². The minimum Gasteiger partial charge on any atom is -0.371 e. The van der Waals surface area contributed by atoms with Gasteiger partial charge >= 0.3 is 0 Å². The van der Waals surface area contributed by atoms with Crippen LogP contribution in [0.4, 0.5) is 5.69 Å². The number of alkyl halides is 1. The van der Waals surface area contributed by atoms with Gasteiger partial charge in [-0.2, -0.15) is 0 Å². The number of piperidine rings is 1. The van der Waals surface area contributed by atoms with Gasteiger partial charge in [0.2, 0.25) is 0 Å². The van der Waals surface area contributed by atoms with Crippen LogP contribution < -0.4 is 4.90 Å². The number of nitrogens with zero attached hydrogens (tertiary/aromatic N) is 2. The lowest BCUT2D eigenvalue weighted by Crippen LogP contribution is -2.43. The fourth-order valence-electron chi connectivity index (χ4n) is 2.83. The van der Waals surface area contributed by atoms with Crippen LogP contribution in [0.3, 0.4) is 0 Å². The highest BCUT2D eigenvalue weighted by Gasteiger charge is 2.23. The molecule has 1 aliphatic heterocycles. The van der Waals surface area contributed by atoms with Crippen molar-refractivity contribution in [3.8, 4) is 0 Å². The third-order valence-electron chi connectivity index (χ3n) is 4.16. The van der Waals surface area contributed by atoms with Crippen LogP contribution in [0.2, 0.25) is 5.02 Å². The minimum absolute atomic E-state index is 0.624. The first-order chi connectivity index (χ1) is 9.17. The van der Waals surface area contributed by atoms with E-state index in [1.807, 2.05) is 12.1 Å². The topological polar surface area (TPSA) is 6.48 Å². The number of likely N-dealkylation sites (tertiary alicyclic amines) is 1. The smallest absolute Gasteiger partial charge is 0.0467 e. The number of anilines is 1. The summed E-state index contributed by atoms with van der Waals surface area (Å²) in [6.07, 6.45) is 2.47. The van der Waals surface area contributed by atoms with E-state index in [2.05, 4.69) is 45.8 Å². The van der Waals surface area contributed by atoms with Crippen molar-refractivity contribution in [3.63, 3.8) is 0 Å². The molecule has 19 heavy (non-hydrogen) atoms. The summed E-state index contributed by atoms with van der Waals surface area (Å²) in [5, 5.41) is 1.66. The molecule has 0 bridgehead atoms. The molecule has 0 aromatic heterocycles. The Morgan fingerprint density at radius 2 is 2.05 bits per heavy atom. The molecule has 4 heteroatoms. The Bertz CT molecular complexity index is 417. The summed E-state index contributed by atoms with van der Waals surface area (Å²) in [5.74, 6) is 0. The Hall–Kier alpha value is -0.250. The highest BCUT2D eigenvalue weighted by molar-refractivity contribution is 9.08. The fourth-order valence-corrected chi connectivity index (χ4v) is 3.82. The van der Waals surface area contributed by atoms with Crippen LogP contribution >= 0.6 is 27.5 Å². The Morgan fingerprint density at radius 1 is 1.37 bits per heavy atom. The molecule has 1 fully saturated rings. The summed E-state index contributed by atoms with van der Waals surface area (Å²) >= 11 is 9.85. The third-order valence-corrected chi connectivity index (χ3v) is 5.07. The van der Waals surface area contributed by atoms with Crippen LogP contribution in [0, 0.1) is 0 Å². The molecule has 2 nitrogen and oxygen atoms in total. The maximum atomic E-state index is 6.29. The first kappa shape index (κ1) is 15.1. The first-order valence-electron chi connectivity index (χ1n) is 6.96. The van der Waals surface area contributed by atoms with Crippen molar-refractivity contribution in [2.45, 2.75) is 31.1 Å². The molecule has 1 saturated heterocycles. The molecule has 0 aliphatic carbocycles. The highest BCUT2D eigenvalue weighted by atomic mass is 79.9. The van der Waals surface area contributed by atoms with Crippen LogP contribution in [-0.2, 0) is 5.33 Å². The van der Waals surface area contributed by atoms with Gasteiger partial charge in [-0.15, -0.1) is 0 Å². The second-order valence-corrected chi connectivity index (χ2v) is 6.12. The van der Waals surface area contributed by atoms with Crippen molar-refractivity contribution < 1.29 is 0 Å². The van der Waals surface area contributed by atoms with Crippen molar-refractivity contribution in [1.29, 1.82) is 0 Å². The molecule has 0 radical (unpaired) electrons. The van der Waals surface area contributed by atoms with E-state index in [1.165, 1.54) is 43.7 Å². The number of hydrogen-bond donors (Lipinski definition) is 0. The molecule has 0 spiro atoms. The SMILES string of the molecule is CCN1CCC(N(C)c2cccc(Cl)c2CBr)CC1. The minimum atomic E-state index is 0.624. The maximum absolute atomic E-state index is 6.29. The fraction of sp³-hybridized carbons (Fsp3) is 0.600. The zero-order valence-electron chi connectivity index (χ0n) is 11.7. The molecule has 0 N–H and O–H groups in total. The number of halogens is 2. The lowest BCUT2D eigenvalue weighted by Gasteiger charge is -2.38. The monoisotopic (exact) mass is 344 g/mol. The molecule has 0 amide bonds. The van der Waals surface area contributed by atoms with Crippen LogP contribution in [0.15, 0.2) is 18.2 Å². The first-order valence-corrected chi connectivity index (χ1v) is 8.45. The van der Waals surface area contributed by atoms with E-state index in [4.69, 9.17) is 11.6 Å². The van der Waals surface area contributed by atoms with Gasteiger partial charge in [0, 0.05) is 47.8 Å². The standard InChI is InChI=1S/C15H22BrClN2/c1-3-19-9-7-12(8-10-19)18(2)15-6-4-5-14(17)13(15)11-16/h4-6,12H,3,7-11H2,1-2H3. The van der Waals surface area contributed by atoms with Crippen LogP contribution in [0.5, 0.6) is 0 Å². The van der Waals surface area contributed by atoms with Gasteiger partial charge in [0.15, 0.2) is 0 Å². The van der Waals surface area contributed by atoms with E-state index in [1.54, 1.807) is 0 Å².